The van der Waals surface area contributed by atoms with Crippen molar-refractivity contribution in [2.45, 2.75) is 44.6 Å². The number of hydrogen-bond acceptors (Lipinski definition) is 4. The highest BCUT2D eigenvalue weighted by molar-refractivity contribution is 6.25. The third kappa shape index (κ3) is 3.18. The van der Waals surface area contributed by atoms with Crippen LogP contribution < -0.4 is 15.5 Å². The Morgan fingerprint density at radius 1 is 1.29 bits per heavy atom. The summed E-state index contributed by atoms with van der Waals surface area (Å²) in [5.74, 6) is 0.183. The molecule has 6 heteroatoms. The summed E-state index contributed by atoms with van der Waals surface area (Å²) in [6, 6.07) is 10.1. The lowest BCUT2D eigenvalue weighted by atomic mass is 9.86. The van der Waals surface area contributed by atoms with Crippen LogP contribution in [0.3, 0.4) is 0 Å². The smallest absolute Gasteiger partial charge is 0.259 e. The molecule has 0 aromatic heterocycles. The van der Waals surface area contributed by atoms with E-state index in [1.165, 1.54) is 10.9 Å². The molecule has 1 atom stereocenters. The SMILES string of the molecule is CC(CCC(=O)NC=O)N1C(=O)c2ccc(C3CCNCC3)c3cccc1c23. The number of carbonyl (C=O) groups is 3. The minimum Gasteiger partial charge on any atom is -0.317 e. The number of carbonyl (C=O) groups excluding carboxylic acids is 3. The van der Waals surface area contributed by atoms with Crippen LogP contribution in [0, 0.1) is 0 Å². The molecule has 4 rings (SSSR count). The van der Waals surface area contributed by atoms with Crippen LogP contribution in [-0.4, -0.2) is 37.4 Å². The first-order chi connectivity index (χ1) is 13.6. The lowest BCUT2D eigenvalue weighted by Crippen LogP contribution is -2.36. The van der Waals surface area contributed by atoms with E-state index in [1.54, 1.807) is 4.90 Å². The zero-order valence-electron chi connectivity index (χ0n) is 16.0. The molecule has 0 bridgehead atoms. The Morgan fingerprint density at radius 2 is 2.07 bits per heavy atom. The van der Waals surface area contributed by atoms with Gasteiger partial charge in [0, 0.05) is 23.4 Å². The van der Waals surface area contributed by atoms with E-state index in [0.717, 1.165) is 42.6 Å². The Kier molecular flexibility index (Phi) is 5.13. The molecule has 2 aromatic carbocycles. The largest absolute Gasteiger partial charge is 0.317 e. The standard InChI is InChI=1S/C22H25N3O3/c1-14(5-8-20(27)24-13-26)25-19-4-2-3-17-16(15-9-11-23-12-10-15)6-7-18(21(17)19)22(25)28/h2-4,6-7,13-15,23H,5,8-12H2,1H3,(H,24,26,27). The monoisotopic (exact) mass is 379 g/mol. The molecule has 0 aliphatic carbocycles. The highest BCUT2D eigenvalue weighted by Crippen LogP contribution is 2.42. The molecule has 6 nitrogen and oxygen atoms in total. The molecule has 146 valence electrons. The molecule has 3 amide bonds. The molecule has 2 heterocycles. The Hall–Kier alpha value is -2.73. The summed E-state index contributed by atoms with van der Waals surface area (Å²) in [6.45, 7) is 4.00. The summed E-state index contributed by atoms with van der Waals surface area (Å²) in [6.07, 6.45) is 3.32. The second kappa shape index (κ2) is 7.72. The van der Waals surface area contributed by atoms with E-state index in [0.29, 0.717) is 18.7 Å². The minimum atomic E-state index is -0.322. The van der Waals surface area contributed by atoms with Gasteiger partial charge in [0.2, 0.25) is 12.3 Å². The Labute approximate surface area is 164 Å². The Morgan fingerprint density at radius 3 is 2.82 bits per heavy atom. The molecule has 0 spiro atoms. The third-order valence-electron chi connectivity index (χ3n) is 5.99. The van der Waals surface area contributed by atoms with E-state index in [-0.39, 0.29) is 24.3 Å². The number of anilines is 1. The predicted octanol–water partition coefficient (Wildman–Crippen LogP) is 2.71. The van der Waals surface area contributed by atoms with Crippen molar-refractivity contribution in [1.29, 1.82) is 0 Å². The van der Waals surface area contributed by atoms with Crippen LogP contribution in [0.4, 0.5) is 5.69 Å². The third-order valence-corrected chi connectivity index (χ3v) is 5.99. The molecule has 0 radical (unpaired) electrons. The zero-order valence-corrected chi connectivity index (χ0v) is 16.0. The topological polar surface area (TPSA) is 78.5 Å². The molecular weight excluding hydrogens is 354 g/mol. The molecule has 1 saturated heterocycles. The summed E-state index contributed by atoms with van der Waals surface area (Å²) in [4.78, 5) is 37.0. The van der Waals surface area contributed by atoms with E-state index in [4.69, 9.17) is 0 Å². The lowest BCUT2D eigenvalue weighted by molar-refractivity contribution is -0.125. The van der Waals surface area contributed by atoms with Gasteiger partial charge in [0.25, 0.3) is 5.91 Å². The van der Waals surface area contributed by atoms with Gasteiger partial charge in [-0.1, -0.05) is 18.2 Å². The van der Waals surface area contributed by atoms with E-state index in [1.807, 2.05) is 25.1 Å². The van der Waals surface area contributed by atoms with E-state index >= 15 is 0 Å². The summed E-state index contributed by atoms with van der Waals surface area (Å²) in [7, 11) is 0. The Balaban J connectivity index is 1.67. The molecule has 2 aromatic rings. The first-order valence-corrected chi connectivity index (χ1v) is 9.94. The second-order valence-corrected chi connectivity index (χ2v) is 7.67. The van der Waals surface area contributed by atoms with E-state index in [9.17, 15) is 14.4 Å². The molecule has 2 aliphatic heterocycles. The molecule has 2 aliphatic rings. The van der Waals surface area contributed by atoms with Crippen molar-refractivity contribution in [3.05, 3.63) is 41.5 Å². The van der Waals surface area contributed by atoms with Crippen molar-refractivity contribution in [3.8, 4) is 0 Å². The second-order valence-electron chi connectivity index (χ2n) is 7.67. The van der Waals surface area contributed by atoms with Crippen LogP contribution in [0.15, 0.2) is 30.3 Å². The van der Waals surface area contributed by atoms with Crippen LogP contribution in [0.5, 0.6) is 0 Å². The number of benzene rings is 2. The fourth-order valence-corrected chi connectivity index (χ4v) is 4.56. The summed E-state index contributed by atoms with van der Waals surface area (Å²) < 4.78 is 0. The highest BCUT2D eigenvalue weighted by Gasteiger charge is 2.34. The average molecular weight is 379 g/mol. The number of amides is 3. The first kappa shape index (κ1) is 18.6. The van der Waals surface area contributed by atoms with Crippen molar-refractivity contribution in [2.24, 2.45) is 0 Å². The van der Waals surface area contributed by atoms with Gasteiger partial charge in [0.05, 0.1) is 5.69 Å². The molecule has 1 unspecified atom stereocenters. The van der Waals surface area contributed by atoms with Crippen molar-refractivity contribution < 1.29 is 14.4 Å². The van der Waals surface area contributed by atoms with Crippen LogP contribution in [0.25, 0.3) is 10.8 Å². The maximum Gasteiger partial charge on any atom is 0.259 e. The number of piperidine rings is 1. The number of nitrogens with one attached hydrogen (secondary N) is 2. The van der Waals surface area contributed by atoms with Crippen LogP contribution >= 0.6 is 0 Å². The number of imide groups is 1. The number of hydrogen-bond donors (Lipinski definition) is 2. The zero-order chi connectivity index (χ0) is 19.7. The predicted molar refractivity (Wildman–Crippen MR) is 109 cm³/mol. The minimum absolute atomic E-state index is 0.00800. The number of rotatable bonds is 6. The van der Waals surface area contributed by atoms with Gasteiger partial charge in [0.15, 0.2) is 0 Å². The summed E-state index contributed by atoms with van der Waals surface area (Å²) in [5.41, 5.74) is 3.00. The van der Waals surface area contributed by atoms with Crippen molar-refractivity contribution in [2.75, 3.05) is 18.0 Å². The number of nitrogens with zero attached hydrogens (tertiary/aromatic N) is 1. The molecule has 28 heavy (non-hydrogen) atoms. The van der Waals surface area contributed by atoms with Gasteiger partial charge in [-0.3, -0.25) is 19.7 Å². The highest BCUT2D eigenvalue weighted by atomic mass is 16.2. The van der Waals surface area contributed by atoms with Gasteiger partial charge in [-0.25, -0.2) is 0 Å². The molecular formula is C22H25N3O3. The summed E-state index contributed by atoms with van der Waals surface area (Å²) >= 11 is 0. The van der Waals surface area contributed by atoms with Crippen molar-refractivity contribution in [1.82, 2.24) is 10.6 Å². The average Bonchev–Trinajstić information content (AvgIpc) is 3.01. The van der Waals surface area contributed by atoms with Gasteiger partial charge in [-0.05, 0) is 68.3 Å². The van der Waals surface area contributed by atoms with Gasteiger partial charge < -0.3 is 10.2 Å². The maximum atomic E-state index is 13.1. The van der Waals surface area contributed by atoms with Gasteiger partial charge >= 0.3 is 0 Å². The quantitative estimate of drug-likeness (QED) is 0.757. The molecule has 1 fully saturated rings. The fraction of sp³-hybridized carbons (Fsp3) is 0.409. The van der Waals surface area contributed by atoms with Gasteiger partial charge in [-0.2, -0.15) is 0 Å². The fourth-order valence-electron chi connectivity index (χ4n) is 4.56. The van der Waals surface area contributed by atoms with Crippen LogP contribution in [-0.2, 0) is 9.59 Å². The van der Waals surface area contributed by atoms with Gasteiger partial charge in [0.1, 0.15) is 0 Å². The lowest BCUT2D eigenvalue weighted by Gasteiger charge is -2.26. The molecule has 0 saturated carbocycles. The summed E-state index contributed by atoms with van der Waals surface area (Å²) in [5, 5.41) is 7.77. The maximum absolute atomic E-state index is 13.1. The molecule has 2 N–H and O–H groups in total. The van der Waals surface area contributed by atoms with Crippen LogP contribution in [0.1, 0.15) is 54.4 Å². The van der Waals surface area contributed by atoms with Crippen molar-refractivity contribution >= 4 is 34.7 Å². The van der Waals surface area contributed by atoms with E-state index in [2.05, 4.69) is 22.8 Å². The van der Waals surface area contributed by atoms with E-state index < -0.39 is 0 Å². The van der Waals surface area contributed by atoms with Gasteiger partial charge in [-0.15, -0.1) is 0 Å². The van der Waals surface area contributed by atoms with Crippen LogP contribution in [0.2, 0.25) is 0 Å². The van der Waals surface area contributed by atoms with Crippen molar-refractivity contribution in [3.63, 3.8) is 0 Å². The first-order valence-electron chi connectivity index (χ1n) is 9.94. The Bertz CT molecular complexity index is 934. The normalized spacial score (nSPS) is 17.8.